The smallest absolute Gasteiger partial charge is 0.420 e. The SMILES string of the molecule is O=C(Cc1ccc(N2CCC(S(=O)(=O)NCc3ccccc3)CC2)nc1)c1oc(N2CCC(c3ccccc3)CC2)nc1C(F)(F)F. The molecule has 2 aromatic carbocycles. The van der Waals surface area contributed by atoms with Crippen LogP contribution in [0.5, 0.6) is 0 Å². The summed E-state index contributed by atoms with van der Waals surface area (Å²) in [7, 11) is -3.50. The van der Waals surface area contributed by atoms with E-state index < -0.39 is 38.7 Å². The zero-order valence-electron chi connectivity index (χ0n) is 25.7. The Balaban J connectivity index is 1.05. The van der Waals surface area contributed by atoms with E-state index in [0.29, 0.717) is 56.3 Å². The van der Waals surface area contributed by atoms with E-state index >= 15 is 0 Å². The third-order valence-electron chi connectivity index (χ3n) is 8.87. The lowest BCUT2D eigenvalue weighted by molar-refractivity contribution is -0.141. The van der Waals surface area contributed by atoms with Crippen molar-refractivity contribution in [2.24, 2.45) is 0 Å². The van der Waals surface area contributed by atoms with Crippen molar-refractivity contribution >= 4 is 27.6 Å². The molecule has 0 saturated carbocycles. The normalized spacial score (nSPS) is 16.8. The van der Waals surface area contributed by atoms with Crippen molar-refractivity contribution < 1.29 is 30.8 Å². The first-order valence-corrected chi connectivity index (χ1v) is 17.2. The van der Waals surface area contributed by atoms with Crippen molar-refractivity contribution in [3.63, 3.8) is 0 Å². The second-order valence-electron chi connectivity index (χ2n) is 12.0. The number of carbonyl (C=O) groups excluding carboxylic acids is 1. The quantitative estimate of drug-likeness (QED) is 0.206. The summed E-state index contributed by atoms with van der Waals surface area (Å²) in [5.74, 6) is -0.738. The second-order valence-corrected chi connectivity index (χ2v) is 14.1. The summed E-state index contributed by atoms with van der Waals surface area (Å²) >= 11 is 0. The molecular formula is C34H36F3N5O4S. The van der Waals surface area contributed by atoms with Crippen LogP contribution in [-0.4, -0.2) is 55.6 Å². The molecule has 4 heterocycles. The Labute approximate surface area is 271 Å². The Hall–Kier alpha value is -4.23. The number of ketones is 1. The van der Waals surface area contributed by atoms with Crippen LogP contribution in [0.1, 0.15) is 64.5 Å². The number of rotatable bonds is 10. The van der Waals surface area contributed by atoms with Crippen molar-refractivity contribution in [1.29, 1.82) is 0 Å². The van der Waals surface area contributed by atoms with Gasteiger partial charge in [0, 0.05) is 45.3 Å². The third kappa shape index (κ3) is 7.84. The molecule has 2 aromatic heterocycles. The van der Waals surface area contributed by atoms with Crippen molar-refractivity contribution in [1.82, 2.24) is 14.7 Å². The largest absolute Gasteiger partial charge is 0.437 e. The molecule has 0 unspecified atom stereocenters. The third-order valence-corrected chi connectivity index (χ3v) is 10.8. The average Bonchev–Trinajstić information content (AvgIpc) is 3.56. The van der Waals surface area contributed by atoms with Gasteiger partial charge < -0.3 is 14.2 Å². The first kappa shape index (κ1) is 32.7. The van der Waals surface area contributed by atoms with Crippen LogP contribution in [-0.2, 0) is 29.2 Å². The van der Waals surface area contributed by atoms with Crippen LogP contribution in [0.25, 0.3) is 0 Å². The predicted octanol–water partition coefficient (Wildman–Crippen LogP) is 5.99. The van der Waals surface area contributed by atoms with Gasteiger partial charge in [0.05, 0.1) is 5.25 Å². The van der Waals surface area contributed by atoms with Crippen molar-refractivity contribution in [2.45, 2.75) is 56.0 Å². The molecule has 0 spiro atoms. The van der Waals surface area contributed by atoms with Crippen LogP contribution in [0.3, 0.4) is 0 Å². The molecule has 4 aromatic rings. The van der Waals surface area contributed by atoms with Gasteiger partial charge in [0.15, 0.2) is 5.69 Å². The van der Waals surface area contributed by atoms with E-state index in [1.807, 2.05) is 65.6 Å². The number of anilines is 2. The van der Waals surface area contributed by atoms with Crippen LogP contribution in [0.2, 0.25) is 0 Å². The van der Waals surface area contributed by atoms with Crippen molar-refractivity contribution in [3.05, 3.63) is 107 Å². The van der Waals surface area contributed by atoms with Gasteiger partial charge in [-0.1, -0.05) is 66.7 Å². The van der Waals surface area contributed by atoms with Crippen LogP contribution >= 0.6 is 0 Å². The highest BCUT2D eigenvalue weighted by molar-refractivity contribution is 7.90. The summed E-state index contributed by atoms with van der Waals surface area (Å²) in [5, 5.41) is -0.524. The minimum absolute atomic E-state index is 0.193. The summed E-state index contributed by atoms with van der Waals surface area (Å²) in [6.07, 6.45) is -1.44. The number of pyridine rings is 1. The maximum atomic E-state index is 13.9. The van der Waals surface area contributed by atoms with Gasteiger partial charge in [0.1, 0.15) is 5.82 Å². The number of alkyl halides is 3. The Morgan fingerprint density at radius 3 is 2.11 bits per heavy atom. The molecule has 0 atom stereocenters. The Morgan fingerprint density at radius 2 is 1.49 bits per heavy atom. The summed E-state index contributed by atoms with van der Waals surface area (Å²) < 4.78 is 75.7. The topological polar surface area (TPSA) is 109 Å². The molecule has 6 rings (SSSR count). The number of hydrogen-bond donors (Lipinski definition) is 1. The van der Waals surface area contributed by atoms with Crippen molar-refractivity contribution in [2.75, 3.05) is 36.0 Å². The van der Waals surface area contributed by atoms with Crippen LogP contribution in [0.15, 0.2) is 83.4 Å². The fourth-order valence-corrected chi connectivity index (χ4v) is 7.66. The molecule has 2 fully saturated rings. The van der Waals surface area contributed by atoms with Gasteiger partial charge in [0.2, 0.25) is 21.6 Å². The molecule has 0 bridgehead atoms. The standard InChI is InChI=1S/C34H36F3N5O4S/c35-34(36,37)32-31(46-33(40-32)42-17-13-27(14-18-42)26-9-5-2-6-10-26)29(43)21-25-11-12-30(38-22-25)41-19-15-28(16-20-41)47(44,45)39-23-24-7-3-1-4-8-24/h1-12,22,27-28,39H,13-21,23H2. The number of nitrogens with one attached hydrogen (secondary N) is 1. The zero-order valence-corrected chi connectivity index (χ0v) is 26.5. The van der Waals surface area contributed by atoms with Gasteiger partial charge in [0.25, 0.3) is 6.01 Å². The highest BCUT2D eigenvalue weighted by Gasteiger charge is 2.42. The van der Waals surface area contributed by atoms with Crippen molar-refractivity contribution in [3.8, 4) is 0 Å². The fraction of sp³-hybridized carbons (Fsp3) is 0.382. The first-order chi connectivity index (χ1) is 22.6. The highest BCUT2D eigenvalue weighted by atomic mass is 32.2. The Morgan fingerprint density at radius 1 is 0.851 bits per heavy atom. The maximum Gasteiger partial charge on any atom is 0.437 e. The van der Waals surface area contributed by atoms with E-state index in [1.54, 1.807) is 17.0 Å². The molecule has 2 aliphatic heterocycles. The van der Waals surface area contributed by atoms with Gasteiger partial charge in [-0.05, 0) is 54.4 Å². The van der Waals surface area contributed by atoms with Gasteiger partial charge in [-0.2, -0.15) is 18.2 Å². The molecule has 1 N–H and O–H groups in total. The number of Topliss-reactive ketones (excluding diaryl/α,β-unsaturated/α-hetero) is 1. The molecule has 2 saturated heterocycles. The van der Waals surface area contributed by atoms with Crippen LogP contribution in [0, 0.1) is 0 Å². The van der Waals surface area contributed by atoms with Gasteiger partial charge >= 0.3 is 6.18 Å². The number of halogens is 3. The number of benzene rings is 2. The molecule has 0 aliphatic carbocycles. The minimum atomic E-state index is -4.85. The lowest BCUT2D eigenvalue weighted by Gasteiger charge is -2.32. The lowest BCUT2D eigenvalue weighted by Crippen LogP contribution is -2.43. The zero-order chi connectivity index (χ0) is 33.0. The van der Waals surface area contributed by atoms with E-state index in [9.17, 15) is 26.4 Å². The second kappa shape index (κ2) is 13.9. The molecule has 13 heteroatoms. The lowest BCUT2D eigenvalue weighted by atomic mass is 9.90. The van der Waals surface area contributed by atoms with E-state index in [0.717, 1.165) is 18.4 Å². The number of piperidine rings is 2. The molecule has 0 amide bonds. The van der Waals surface area contributed by atoms with Gasteiger partial charge in [-0.15, -0.1) is 0 Å². The number of hydrogen-bond acceptors (Lipinski definition) is 8. The monoisotopic (exact) mass is 667 g/mol. The summed E-state index contributed by atoms with van der Waals surface area (Å²) in [4.78, 5) is 24.9. The number of carbonyl (C=O) groups is 1. The van der Waals surface area contributed by atoms with E-state index in [2.05, 4.69) is 14.7 Å². The predicted molar refractivity (Wildman–Crippen MR) is 172 cm³/mol. The van der Waals surface area contributed by atoms with E-state index in [1.165, 1.54) is 11.8 Å². The molecule has 0 radical (unpaired) electrons. The first-order valence-electron chi connectivity index (χ1n) is 15.7. The number of nitrogens with zero attached hydrogens (tertiary/aromatic N) is 4. The van der Waals surface area contributed by atoms with Gasteiger partial charge in [-0.3, -0.25) is 4.79 Å². The summed E-state index contributed by atoms with van der Waals surface area (Å²) in [5.41, 5.74) is 1.18. The number of oxazole rings is 1. The Kier molecular flexibility index (Phi) is 9.65. The fourth-order valence-electron chi connectivity index (χ4n) is 6.22. The van der Waals surface area contributed by atoms with Crippen LogP contribution < -0.4 is 14.5 Å². The minimum Gasteiger partial charge on any atom is -0.420 e. The van der Waals surface area contributed by atoms with E-state index in [4.69, 9.17) is 4.42 Å². The highest BCUT2D eigenvalue weighted by Crippen LogP contribution is 2.37. The molecular weight excluding hydrogens is 631 g/mol. The molecule has 2 aliphatic rings. The molecule has 248 valence electrons. The number of aromatic nitrogens is 2. The maximum absolute atomic E-state index is 13.9. The summed E-state index contributed by atoms with van der Waals surface area (Å²) in [6, 6.07) is 22.4. The molecule has 47 heavy (non-hydrogen) atoms. The summed E-state index contributed by atoms with van der Waals surface area (Å²) in [6.45, 7) is 2.10. The van der Waals surface area contributed by atoms with Crippen LogP contribution in [0.4, 0.5) is 25.0 Å². The average molecular weight is 668 g/mol. The van der Waals surface area contributed by atoms with Gasteiger partial charge in [-0.25, -0.2) is 18.1 Å². The van der Waals surface area contributed by atoms with E-state index in [-0.39, 0.29) is 19.0 Å². The number of sulfonamides is 1. The molecule has 9 nitrogen and oxygen atoms in total. The Bertz CT molecular complexity index is 1750.